The molecule has 3 aliphatic carbocycles. The lowest BCUT2D eigenvalue weighted by Crippen LogP contribution is -2.51. The van der Waals surface area contributed by atoms with E-state index in [1.165, 1.54) is 12.5 Å². The monoisotopic (exact) mass is 506 g/mol. The van der Waals surface area contributed by atoms with Gasteiger partial charge in [-0.05, 0) is 49.7 Å². The standard InChI is InChI=1S/C25H20ClFN6O3/c26-16-10-30-24-22(31-16)14(9-29-24)21-13(8-28)18(15-2-1-7-36-15)19(27)23(33-21)32-20-12-5-3-11(4-6-12)17(20)25(34)35/h1-2,7,9-12,17,20H,3-6H2,(H,29,30)(H,32,33)(H,34,35). The maximum absolute atomic E-state index is 16.1. The number of pyridine rings is 1. The summed E-state index contributed by atoms with van der Waals surface area (Å²) in [6, 6.07) is 4.73. The molecule has 11 heteroatoms. The van der Waals surface area contributed by atoms with Gasteiger partial charge in [-0.2, -0.15) is 5.26 Å². The molecule has 3 aliphatic rings. The summed E-state index contributed by atoms with van der Waals surface area (Å²) < 4.78 is 21.5. The highest BCUT2D eigenvalue weighted by Gasteiger charge is 2.47. The number of aliphatic carboxylic acids is 1. The first-order valence-corrected chi connectivity index (χ1v) is 12.0. The third-order valence-electron chi connectivity index (χ3n) is 7.43. The van der Waals surface area contributed by atoms with Crippen molar-refractivity contribution >= 4 is 34.6 Å². The number of halogens is 2. The fraction of sp³-hybridized carbons (Fsp3) is 0.320. The van der Waals surface area contributed by atoms with Gasteiger partial charge in [0.05, 0.1) is 35.2 Å². The Balaban J connectivity index is 1.56. The molecule has 3 saturated carbocycles. The zero-order valence-electron chi connectivity index (χ0n) is 18.8. The number of anilines is 1. The molecule has 7 rings (SSSR count). The molecule has 36 heavy (non-hydrogen) atoms. The van der Waals surface area contributed by atoms with E-state index in [4.69, 9.17) is 16.0 Å². The van der Waals surface area contributed by atoms with Crippen molar-refractivity contribution in [3.05, 3.63) is 47.3 Å². The van der Waals surface area contributed by atoms with Crippen LogP contribution >= 0.6 is 11.6 Å². The Kier molecular flexibility index (Phi) is 5.38. The second-order valence-electron chi connectivity index (χ2n) is 9.26. The summed E-state index contributed by atoms with van der Waals surface area (Å²) in [5.74, 6) is -2.20. The third-order valence-corrected chi connectivity index (χ3v) is 7.61. The van der Waals surface area contributed by atoms with Crippen molar-refractivity contribution in [1.82, 2.24) is 19.9 Å². The molecule has 0 aliphatic heterocycles. The molecule has 2 atom stereocenters. The van der Waals surface area contributed by atoms with E-state index in [0.717, 1.165) is 25.7 Å². The summed E-state index contributed by atoms with van der Waals surface area (Å²) >= 11 is 6.07. The smallest absolute Gasteiger partial charge is 0.308 e. The largest absolute Gasteiger partial charge is 0.481 e. The molecule has 0 amide bonds. The molecule has 4 aromatic rings. The van der Waals surface area contributed by atoms with Crippen molar-refractivity contribution in [2.75, 3.05) is 5.32 Å². The minimum atomic E-state index is -0.899. The van der Waals surface area contributed by atoms with Crippen LogP contribution in [0.1, 0.15) is 31.2 Å². The molecule has 2 bridgehead atoms. The molecule has 0 saturated heterocycles. The predicted octanol–water partition coefficient (Wildman–Crippen LogP) is 5.25. The molecule has 2 unspecified atom stereocenters. The number of rotatable bonds is 5. The van der Waals surface area contributed by atoms with Crippen molar-refractivity contribution < 1.29 is 18.7 Å². The summed E-state index contributed by atoms with van der Waals surface area (Å²) in [5, 5.41) is 23.3. The maximum Gasteiger partial charge on any atom is 0.308 e. The van der Waals surface area contributed by atoms with Gasteiger partial charge in [-0.3, -0.25) is 4.79 Å². The van der Waals surface area contributed by atoms with Gasteiger partial charge in [-0.1, -0.05) is 11.6 Å². The summed E-state index contributed by atoms with van der Waals surface area (Å²) in [6.45, 7) is 0. The molecule has 4 heterocycles. The van der Waals surface area contributed by atoms with Gasteiger partial charge in [0.15, 0.2) is 17.3 Å². The van der Waals surface area contributed by atoms with Crippen molar-refractivity contribution in [3.8, 4) is 28.7 Å². The first-order chi connectivity index (χ1) is 17.5. The van der Waals surface area contributed by atoms with Crippen LogP contribution in [0.3, 0.4) is 0 Å². The number of carboxylic acids is 1. The first-order valence-electron chi connectivity index (χ1n) is 11.6. The van der Waals surface area contributed by atoms with Gasteiger partial charge in [0.2, 0.25) is 0 Å². The van der Waals surface area contributed by atoms with Crippen LogP contribution in [0.25, 0.3) is 33.7 Å². The lowest BCUT2D eigenvalue weighted by molar-refractivity contribution is -0.148. The van der Waals surface area contributed by atoms with E-state index in [1.54, 1.807) is 18.3 Å². The molecule has 3 N–H and O–H groups in total. The lowest BCUT2D eigenvalue weighted by Gasteiger charge is -2.47. The fourth-order valence-corrected chi connectivity index (χ4v) is 5.97. The zero-order chi connectivity index (χ0) is 25.0. The minimum absolute atomic E-state index is 0.0292. The Labute approximate surface area is 209 Å². The average molecular weight is 507 g/mol. The van der Waals surface area contributed by atoms with Crippen LogP contribution in [-0.2, 0) is 4.79 Å². The molecule has 182 valence electrons. The van der Waals surface area contributed by atoms with Crippen LogP contribution in [0.4, 0.5) is 10.2 Å². The van der Waals surface area contributed by atoms with Crippen molar-refractivity contribution in [3.63, 3.8) is 0 Å². The molecule has 0 aromatic carbocycles. The highest BCUT2D eigenvalue weighted by atomic mass is 35.5. The Morgan fingerprint density at radius 2 is 2.06 bits per heavy atom. The van der Waals surface area contributed by atoms with Crippen LogP contribution in [0.2, 0.25) is 5.15 Å². The van der Waals surface area contributed by atoms with E-state index < -0.39 is 23.7 Å². The molecule has 4 aromatic heterocycles. The van der Waals surface area contributed by atoms with Crippen molar-refractivity contribution in [1.29, 1.82) is 5.26 Å². The Bertz CT molecular complexity index is 1520. The quantitative estimate of drug-likeness (QED) is 0.333. The topological polar surface area (TPSA) is 141 Å². The van der Waals surface area contributed by atoms with Gasteiger partial charge in [-0.15, -0.1) is 0 Å². The number of fused-ring (bicyclic) bond motifs is 4. The minimum Gasteiger partial charge on any atom is -0.481 e. The van der Waals surface area contributed by atoms with Crippen LogP contribution in [0.15, 0.2) is 35.2 Å². The molecule has 3 fully saturated rings. The summed E-state index contributed by atoms with van der Waals surface area (Å²) in [6.07, 6.45) is 7.80. The molecule has 9 nitrogen and oxygen atoms in total. The summed E-state index contributed by atoms with van der Waals surface area (Å²) in [7, 11) is 0. The number of H-pyrrole nitrogens is 1. The lowest BCUT2D eigenvalue weighted by atomic mass is 9.61. The van der Waals surface area contributed by atoms with Gasteiger partial charge in [0.25, 0.3) is 0 Å². The third kappa shape index (κ3) is 3.50. The van der Waals surface area contributed by atoms with Gasteiger partial charge >= 0.3 is 5.97 Å². The number of nitrogens with zero attached hydrogens (tertiary/aromatic N) is 4. The van der Waals surface area contributed by atoms with E-state index >= 15 is 4.39 Å². The van der Waals surface area contributed by atoms with E-state index in [0.29, 0.717) is 16.7 Å². The second-order valence-corrected chi connectivity index (χ2v) is 9.65. The Hall–Kier alpha value is -3.97. The van der Waals surface area contributed by atoms with E-state index in [9.17, 15) is 15.2 Å². The molecular formula is C25H20ClFN6O3. The number of aromatic nitrogens is 4. The van der Waals surface area contributed by atoms with Gasteiger partial charge in [-0.25, -0.2) is 19.3 Å². The van der Waals surface area contributed by atoms with Crippen LogP contribution in [-0.4, -0.2) is 37.1 Å². The number of hydrogen-bond donors (Lipinski definition) is 3. The normalized spacial score (nSPS) is 23.0. The Morgan fingerprint density at radius 1 is 1.28 bits per heavy atom. The number of nitriles is 1. The molecule has 0 spiro atoms. The van der Waals surface area contributed by atoms with Crippen LogP contribution in [0, 0.1) is 34.9 Å². The number of furan rings is 1. The first kappa shape index (κ1) is 22.5. The summed E-state index contributed by atoms with van der Waals surface area (Å²) in [5.41, 5.74) is 1.25. The van der Waals surface area contributed by atoms with E-state index in [1.807, 2.05) is 0 Å². The van der Waals surface area contributed by atoms with E-state index in [2.05, 4.69) is 31.3 Å². The average Bonchev–Trinajstić information content (AvgIpc) is 3.55. The number of carboxylic acid groups (broad SMARTS) is 1. The Morgan fingerprint density at radius 3 is 2.75 bits per heavy atom. The highest BCUT2D eigenvalue weighted by Crippen LogP contribution is 2.47. The second kappa shape index (κ2) is 8.60. The molecule has 0 radical (unpaired) electrons. The number of hydrogen-bond acceptors (Lipinski definition) is 7. The van der Waals surface area contributed by atoms with Crippen molar-refractivity contribution in [2.45, 2.75) is 31.7 Å². The molecular weight excluding hydrogens is 487 g/mol. The predicted molar refractivity (Wildman–Crippen MR) is 128 cm³/mol. The number of carbonyl (C=O) groups is 1. The number of aromatic amines is 1. The van der Waals surface area contributed by atoms with Crippen molar-refractivity contribution in [2.24, 2.45) is 17.8 Å². The fourth-order valence-electron chi connectivity index (χ4n) is 5.84. The highest BCUT2D eigenvalue weighted by molar-refractivity contribution is 6.29. The zero-order valence-corrected chi connectivity index (χ0v) is 19.6. The van der Waals surface area contributed by atoms with Crippen LogP contribution in [0.5, 0.6) is 0 Å². The maximum atomic E-state index is 16.1. The SMILES string of the molecule is N#Cc1c(-c2c[nH]c3ncc(Cl)nc23)nc(NC2C3CCC(CC3)C2C(=O)O)c(F)c1-c1ccco1. The van der Waals surface area contributed by atoms with Gasteiger partial charge < -0.3 is 19.8 Å². The number of nitrogens with one attached hydrogen (secondary N) is 2. The van der Waals surface area contributed by atoms with Crippen LogP contribution < -0.4 is 5.32 Å². The van der Waals surface area contributed by atoms with Gasteiger partial charge in [0, 0.05) is 17.8 Å². The van der Waals surface area contributed by atoms with Gasteiger partial charge in [0.1, 0.15) is 22.5 Å². The summed E-state index contributed by atoms with van der Waals surface area (Å²) in [4.78, 5) is 28.2. The van der Waals surface area contributed by atoms with E-state index in [-0.39, 0.29) is 45.4 Å².